The van der Waals surface area contributed by atoms with Crippen LogP contribution >= 0.6 is 0 Å². The van der Waals surface area contributed by atoms with Crippen LogP contribution in [0.4, 0.5) is 0 Å². The Balaban J connectivity index is 3.83. The molecule has 1 atom stereocenters. The largest absolute Gasteiger partial charge is 0.393 e. The monoisotopic (exact) mass is 170 g/mol. The molecule has 0 saturated carbocycles. The molecule has 1 nitrogen and oxygen atoms in total. The highest BCUT2D eigenvalue weighted by Gasteiger charge is 2.15. The molecule has 0 aliphatic heterocycles. The molecule has 0 aromatic carbocycles. The normalized spacial score (nSPS) is 13.4. The summed E-state index contributed by atoms with van der Waals surface area (Å²) in [4.78, 5) is 0. The van der Waals surface area contributed by atoms with Crippen LogP contribution in [0.15, 0.2) is 12.2 Å². The molecule has 0 fully saturated rings. The highest BCUT2D eigenvalue weighted by atomic mass is 16.3. The van der Waals surface area contributed by atoms with Gasteiger partial charge in [-0.15, -0.1) is 0 Å². The molecule has 1 N–H and O–H groups in total. The fourth-order valence-electron chi connectivity index (χ4n) is 1.44. The third-order valence-corrected chi connectivity index (χ3v) is 2.59. The van der Waals surface area contributed by atoms with E-state index in [9.17, 15) is 5.11 Å². The number of rotatable bonds is 6. The van der Waals surface area contributed by atoms with Crippen molar-refractivity contribution in [1.82, 2.24) is 0 Å². The van der Waals surface area contributed by atoms with Crippen LogP contribution in [0.1, 0.15) is 46.5 Å². The van der Waals surface area contributed by atoms with Crippen LogP contribution in [0.3, 0.4) is 0 Å². The summed E-state index contributed by atoms with van der Waals surface area (Å²) in [7, 11) is 0. The summed E-state index contributed by atoms with van der Waals surface area (Å²) >= 11 is 0. The van der Waals surface area contributed by atoms with Crippen molar-refractivity contribution in [3.8, 4) is 0 Å². The average molecular weight is 170 g/mol. The minimum Gasteiger partial charge on any atom is -0.393 e. The van der Waals surface area contributed by atoms with Crippen molar-refractivity contribution in [2.45, 2.75) is 52.6 Å². The standard InChI is InChI=1S/C11H22O/c1-5-9(4)8-11(12)10(6-2)7-3/h10-12H,4-8H2,1-3H3. The lowest BCUT2D eigenvalue weighted by molar-refractivity contribution is 0.102. The van der Waals surface area contributed by atoms with Gasteiger partial charge in [-0.25, -0.2) is 0 Å². The maximum absolute atomic E-state index is 9.75. The average Bonchev–Trinajstić information content (AvgIpc) is 2.06. The van der Waals surface area contributed by atoms with E-state index in [2.05, 4.69) is 27.4 Å². The summed E-state index contributed by atoms with van der Waals surface area (Å²) in [5, 5.41) is 9.75. The molecule has 0 heterocycles. The van der Waals surface area contributed by atoms with Crippen LogP contribution < -0.4 is 0 Å². The zero-order chi connectivity index (χ0) is 9.56. The van der Waals surface area contributed by atoms with Gasteiger partial charge in [-0.05, 0) is 18.8 Å². The Hall–Kier alpha value is -0.300. The molecule has 1 unspecified atom stereocenters. The SMILES string of the molecule is C=C(CC)CC(O)C(CC)CC. The van der Waals surface area contributed by atoms with Gasteiger partial charge >= 0.3 is 0 Å². The van der Waals surface area contributed by atoms with Crippen molar-refractivity contribution in [2.24, 2.45) is 5.92 Å². The quantitative estimate of drug-likeness (QED) is 0.607. The molecule has 0 amide bonds. The summed E-state index contributed by atoms with van der Waals surface area (Å²) < 4.78 is 0. The Morgan fingerprint density at radius 2 is 1.75 bits per heavy atom. The van der Waals surface area contributed by atoms with Crippen molar-refractivity contribution in [2.75, 3.05) is 0 Å². The van der Waals surface area contributed by atoms with E-state index in [1.165, 1.54) is 0 Å². The topological polar surface area (TPSA) is 20.2 Å². The number of hydrogen-bond donors (Lipinski definition) is 1. The van der Waals surface area contributed by atoms with Gasteiger partial charge in [-0.1, -0.05) is 45.8 Å². The lowest BCUT2D eigenvalue weighted by Gasteiger charge is -2.20. The van der Waals surface area contributed by atoms with Crippen molar-refractivity contribution >= 4 is 0 Å². The molecule has 0 rings (SSSR count). The van der Waals surface area contributed by atoms with Gasteiger partial charge in [0.15, 0.2) is 0 Å². The van der Waals surface area contributed by atoms with Crippen LogP contribution in [0.5, 0.6) is 0 Å². The van der Waals surface area contributed by atoms with Crippen molar-refractivity contribution in [3.05, 3.63) is 12.2 Å². The lowest BCUT2D eigenvalue weighted by Crippen LogP contribution is -2.19. The smallest absolute Gasteiger partial charge is 0.0605 e. The van der Waals surface area contributed by atoms with Crippen LogP contribution in [0.25, 0.3) is 0 Å². The van der Waals surface area contributed by atoms with Gasteiger partial charge in [-0.2, -0.15) is 0 Å². The molecular weight excluding hydrogens is 148 g/mol. The Morgan fingerprint density at radius 3 is 2.08 bits per heavy atom. The second-order valence-corrected chi connectivity index (χ2v) is 3.45. The van der Waals surface area contributed by atoms with Gasteiger partial charge in [0, 0.05) is 0 Å². The van der Waals surface area contributed by atoms with E-state index >= 15 is 0 Å². The highest BCUT2D eigenvalue weighted by Crippen LogP contribution is 2.19. The van der Waals surface area contributed by atoms with Crippen LogP contribution in [0, 0.1) is 5.92 Å². The lowest BCUT2D eigenvalue weighted by atomic mass is 9.91. The van der Waals surface area contributed by atoms with Gasteiger partial charge in [0.05, 0.1) is 6.10 Å². The summed E-state index contributed by atoms with van der Waals surface area (Å²) in [6.07, 6.45) is 3.72. The minimum absolute atomic E-state index is 0.174. The Kier molecular flexibility index (Phi) is 6.09. The molecule has 0 saturated heterocycles. The van der Waals surface area contributed by atoms with Gasteiger partial charge in [-0.3, -0.25) is 0 Å². The van der Waals surface area contributed by atoms with Gasteiger partial charge in [0.25, 0.3) is 0 Å². The van der Waals surface area contributed by atoms with E-state index in [-0.39, 0.29) is 6.10 Å². The summed E-state index contributed by atoms with van der Waals surface area (Å²) in [5.74, 6) is 0.452. The third kappa shape index (κ3) is 3.91. The Bertz CT molecular complexity index is 125. The number of aliphatic hydroxyl groups excluding tert-OH is 1. The summed E-state index contributed by atoms with van der Waals surface area (Å²) in [5.41, 5.74) is 1.16. The van der Waals surface area contributed by atoms with E-state index in [1.807, 2.05) is 0 Å². The van der Waals surface area contributed by atoms with E-state index in [1.54, 1.807) is 0 Å². The molecule has 0 aromatic heterocycles. The van der Waals surface area contributed by atoms with Gasteiger partial charge in [0.2, 0.25) is 0 Å². The number of hydrogen-bond acceptors (Lipinski definition) is 1. The van der Waals surface area contributed by atoms with E-state index in [0.29, 0.717) is 5.92 Å². The van der Waals surface area contributed by atoms with Crippen molar-refractivity contribution in [3.63, 3.8) is 0 Å². The predicted octanol–water partition coefficient (Wildman–Crippen LogP) is 3.14. The molecule has 0 aliphatic rings. The van der Waals surface area contributed by atoms with Crippen molar-refractivity contribution in [1.29, 1.82) is 0 Å². The second kappa shape index (κ2) is 6.24. The van der Waals surface area contributed by atoms with Gasteiger partial charge in [0.1, 0.15) is 0 Å². The van der Waals surface area contributed by atoms with E-state index < -0.39 is 0 Å². The zero-order valence-electron chi connectivity index (χ0n) is 8.64. The first-order valence-electron chi connectivity index (χ1n) is 5.00. The fourth-order valence-corrected chi connectivity index (χ4v) is 1.44. The summed E-state index contributed by atoms with van der Waals surface area (Å²) in [6, 6.07) is 0. The maximum atomic E-state index is 9.75. The molecule has 0 bridgehead atoms. The molecule has 1 heteroatoms. The molecule has 0 aliphatic carbocycles. The van der Waals surface area contributed by atoms with E-state index in [4.69, 9.17) is 0 Å². The summed E-state index contributed by atoms with van der Waals surface area (Å²) in [6.45, 7) is 10.3. The van der Waals surface area contributed by atoms with Crippen LogP contribution in [-0.4, -0.2) is 11.2 Å². The Labute approximate surface area is 76.5 Å². The fraction of sp³-hybridized carbons (Fsp3) is 0.818. The first-order chi connectivity index (χ1) is 5.65. The molecule has 12 heavy (non-hydrogen) atoms. The van der Waals surface area contributed by atoms with Crippen molar-refractivity contribution < 1.29 is 5.11 Å². The third-order valence-electron chi connectivity index (χ3n) is 2.59. The zero-order valence-corrected chi connectivity index (χ0v) is 8.64. The molecule has 0 aromatic rings. The van der Waals surface area contributed by atoms with Crippen LogP contribution in [0.2, 0.25) is 0 Å². The first-order valence-corrected chi connectivity index (χ1v) is 5.00. The van der Waals surface area contributed by atoms with Crippen LogP contribution in [-0.2, 0) is 0 Å². The minimum atomic E-state index is -0.174. The Morgan fingerprint density at radius 1 is 1.25 bits per heavy atom. The molecule has 0 radical (unpaired) electrons. The molecular formula is C11H22O. The second-order valence-electron chi connectivity index (χ2n) is 3.45. The highest BCUT2D eigenvalue weighted by molar-refractivity contribution is 4.95. The van der Waals surface area contributed by atoms with Gasteiger partial charge < -0.3 is 5.11 Å². The molecule has 72 valence electrons. The number of aliphatic hydroxyl groups is 1. The van der Waals surface area contributed by atoms with E-state index in [0.717, 1.165) is 31.3 Å². The first kappa shape index (κ1) is 11.7. The molecule has 0 spiro atoms. The maximum Gasteiger partial charge on any atom is 0.0605 e. The predicted molar refractivity (Wildman–Crippen MR) is 54.1 cm³/mol.